The van der Waals surface area contributed by atoms with Gasteiger partial charge in [0.1, 0.15) is 17.0 Å². The summed E-state index contributed by atoms with van der Waals surface area (Å²) in [6.45, 7) is 0. The zero-order chi connectivity index (χ0) is 31.9. The predicted octanol–water partition coefficient (Wildman–Crippen LogP) is 12.0. The van der Waals surface area contributed by atoms with Crippen LogP contribution in [0.4, 0.5) is 17.2 Å². The minimum atomic E-state index is 0.684. The monoisotopic (exact) mass is 615 g/mol. The van der Waals surface area contributed by atoms with Gasteiger partial charge in [-0.1, -0.05) is 133 Å². The molecule has 0 saturated carbocycles. The summed E-state index contributed by atoms with van der Waals surface area (Å²) in [4.78, 5) is 12.5. The average Bonchev–Trinajstić information content (AvgIpc) is 3.55. The fraction of sp³-hybridized carbons (Fsp3) is 0. The summed E-state index contributed by atoms with van der Waals surface area (Å²) in [5, 5.41) is 3.22. The third-order valence-corrected chi connectivity index (χ3v) is 8.90. The first-order chi connectivity index (χ1) is 23.8. The van der Waals surface area contributed by atoms with Crippen LogP contribution in [0.2, 0.25) is 0 Å². The van der Waals surface area contributed by atoms with Crippen LogP contribution in [0.5, 0.6) is 0 Å². The summed E-state index contributed by atoms with van der Waals surface area (Å²) < 4.78 is 6.38. The molecule has 2 aromatic heterocycles. The summed E-state index contributed by atoms with van der Waals surface area (Å²) in [6.07, 6.45) is 0. The zero-order valence-corrected chi connectivity index (χ0v) is 26.0. The van der Waals surface area contributed by atoms with E-state index in [9.17, 15) is 0 Å². The molecule has 4 heteroatoms. The average molecular weight is 616 g/mol. The van der Waals surface area contributed by atoms with Gasteiger partial charge in [-0.25, -0.2) is 9.97 Å². The number of para-hydroxylation sites is 3. The molecule has 9 rings (SSSR count). The first kappa shape index (κ1) is 27.8. The zero-order valence-electron chi connectivity index (χ0n) is 26.0. The van der Waals surface area contributed by atoms with E-state index >= 15 is 0 Å². The summed E-state index contributed by atoms with van der Waals surface area (Å²) >= 11 is 0. The van der Waals surface area contributed by atoms with Crippen molar-refractivity contribution in [1.29, 1.82) is 0 Å². The van der Waals surface area contributed by atoms with Crippen molar-refractivity contribution >= 4 is 50.0 Å². The molecule has 9 aromatic rings. The van der Waals surface area contributed by atoms with Gasteiger partial charge in [-0.2, -0.15) is 0 Å². The molecule has 0 aliphatic heterocycles. The molecule has 0 atom stereocenters. The van der Waals surface area contributed by atoms with E-state index < -0.39 is 0 Å². The molecule has 0 spiro atoms. The second-order valence-electron chi connectivity index (χ2n) is 11.8. The molecule has 0 saturated heterocycles. The number of anilines is 3. The second-order valence-corrected chi connectivity index (χ2v) is 11.8. The van der Waals surface area contributed by atoms with Crippen LogP contribution in [0.25, 0.3) is 66.5 Å². The van der Waals surface area contributed by atoms with Gasteiger partial charge in [0.25, 0.3) is 0 Å². The summed E-state index contributed by atoms with van der Waals surface area (Å²) in [5.41, 5.74) is 10.1. The molecule has 7 aromatic carbocycles. The molecule has 0 bridgehead atoms. The Morgan fingerprint density at radius 2 is 0.958 bits per heavy atom. The highest BCUT2D eigenvalue weighted by Gasteiger charge is 2.20. The molecular weight excluding hydrogens is 587 g/mol. The van der Waals surface area contributed by atoms with Gasteiger partial charge in [0.15, 0.2) is 5.82 Å². The van der Waals surface area contributed by atoms with Crippen molar-refractivity contribution in [3.8, 4) is 33.6 Å². The number of nitrogens with zero attached hydrogens (tertiary/aromatic N) is 3. The van der Waals surface area contributed by atoms with Gasteiger partial charge in [-0.05, 0) is 59.2 Å². The molecule has 0 amide bonds. The van der Waals surface area contributed by atoms with Crippen molar-refractivity contribution in [2.75, 3.05) is 4.90 Å². The number of benzene rings is 7. The maximum Gasteiger partial charge on any atom is 0.162 e. The normalized spacial score (nSPS) is 11.3. The van der Waals surface area contributed by atoms with Crippen LogP contribution in [0, 0.1) is 0 Å². The van der Waals surface area contributed by atoms with Crippen LogP contribution in [-0.2, 0) is 0 Å². The lowest BCUT2D eigenvalue weighted by atomic mass is 10.0. The molecule has 0 N–H and O–H groups in total. The highest BCUT2D eigenvalue weighted by Crippen LogP contribution is 2.41. The van der Waals surface area contributed by atoms with Crippen molar-refractivity contribution < 1.29 is 4.42 Å². The van der Waals surface area contributed by atoms with Crippen LogP contribution < -0.4 is 4.90 Å². The third-order valence-electron chi connectivity index (χ3n) is 8.90. The minimum absolute atomic E-state index is 0.684. The van der Waals surface area contributed by atoms with E-state index in [4.69, 9.17) is 14.4 Å². The lowest BCUT2D eigenvalue weighted by molar-refractivity contribution is 0.670. The Kier molecular flexibility index (Phi) is 6.76. The van der Waals surface area contributed by atoms with Gasteiger partial charge in [-0.3, -0.25) is 4.90 Å². The smallest absolute Gasteiger partial charge is 0.162 e. The first-order valence-electron chi connectivity index (χ1n) is 16.1. The summed E-state index contributed by atoms with van der Waals surface area (Å²) in [7, 11) is 0. The number of aromatic nitrogens is 2. The number of furan rings is 1. The van der Waals surface area contributed by atoms with E-state index in [0.29, 0.717) is 5.82 Å². The lowest BCUT2D eigenvalue weighted by Crippen LogP contribution is -2.13. The molecule has 2 heterocycles. The van der Waals surface area contributed by atoms with Crippen molar-refractivity contribution in [2.45, 2.75) is 0 Å². The Balaban J connectivity index is 1.21. The standard InChI is InChI=1S/C44H29N3O/c1-3-12-30(13-4-1)31-22-26-34(27-23-31)47(44-39-17-7-9-20-40(39)45-43(46-44)33-14-5-2-6-15-33)35-28-24-32(25-29-35)36-18-11-19-38-37-16-8-10-21-41(37)48-42(36)38/h1-29H. The molecule has 0 radical (unpaired) electrons. The van der Waals surface area contributed by atoms with Gasteiger partial charge in [0.05, 0.1) is 5.52 Å². The first-order valence-corrected chi connectivity index (χ1v) is 16.1. The van der Waals surface area contributed by atoms with Crippen LogP contribution in [-0.4, -0.2) is 9.97 Å². The van der Waals surface area contributed by atoms with Crippen molar-refractivity contribution in [3.05, 3.63) is 176 Å². The predicted molar refractivity (Wildman–Crippen MR) is 198 cm³/mol. The van der Waals surface area contributed by atoms with Gasteiger partial charge in [0.2, 0.25) is 0 Å². The highest BCUT2D eigenvalue weighted by molar-refractivity contribution is 6.09. The topological polar surface area (TPSA) is 42.2 Å². The van der Waals surface area contributed by atoms with Crippen LogP contribution in [0.3, 0.4) is 0 Å². The Hall–Kier alpha value is -6.52. The van der Waals surface area contributed by atoms with Crippen molar-refractivity contribution in [2.24, 2.45) is 0 Å². The molecule has 48 heavy (non-hydrogen) atoms. The Morgan fingerprint density at radius 3 is 1.69 bits per heavy atom. The molecule has 4 nitrogen and oxygen atoms in total. The van der Waals surface area contributed by atoms with E-state index in [-0.39, 0.29) is 0 Å². The van der Waals surface area contributed by atoms with E-state index in [1.165, 1.54) is 5.56 Å². The molecule has 0 unspecified atom stereocenters. The maximum atomic E-state index is 6.38. The highest BCUT2D eigenvalue weighted by atomic mass is 16.3. The van der Waals surface area contributed by atoms with Crippen LogP contribution >= 0.6 is 0 Å². The molecule has 0 aliphatic carbocycles. The Labute approximate surface area is 278 Å². The van der Waals surface area contributed by atoms with E-state index in [1.807, 2.05) is 48.5 Å². The van der Waals surface area contributed by atoms with E-state index in [2.05, 4.69) is 132 Å². The molecule has 0 fully saturated rings. The summed E-state index contributed by atoms with van der Waals surface area (Å²) in [5.74, 6) is 1.50. The number of hydrogen-bond acceptors (Lipinski definition) is 4. The van der Waals surface area contributed by atoms with E-state index in [0.717, 1.165) is 72.3 Å². The van der Waals surface area contributed by atoms with Gasteiger partial charge >= 0.3 is 0 Å². The summed E-state index contributed by atoms with van der Waals surface area (Å²) in [6, 6.07) is 60.8. The maximum absolute atomic E-state index is 6.38. The number of hydrogen-bond donors (Lipinski definition) is 0. The van der Waals surface area contributed by atoms with Crippen LogP contribution in [0.1, 0.15) is 0 Å². The Morgan fingerprint density at radius 1 is 0.396 bits per heavy atom. The molecule has 0 aliphatic rings. The van der Waals surface area contributed by atoms with Gasteiger partial charge < -0.3 is 4.42 Å². The third kappa shape index (κ3) is 4.88. The van der Waals surface area contributed by atoms with Gasteiger partial charge in [0, 0.05) is 38.7 Å². The van der Waals surface area contributed by atoms with Crippen molar-refractivity contribution in [1.82, 2.24) is 9.97 Å². The SMILES string of the molecule is c1ccc(-c2ccc(N(c3ccc(-c4cccc5c4oc4ccccc45)cc3)c3nc(-c4ccccc4)nc4ccccc34)cc2)cc1. The lowest BCUT2D eigenvalue weighted by Gasteiger charge is -2.26. The minimum Gasteiger partial charge on any atom is -0.455 e. The number of rotatable bonds is 6. The fourth-order valence-corrected chi connectivity index (χ4v) is 6.54. The van der Waals surface area contributed by atoms with Crippen molar-refractivity contribution in [3.63, 3.8) is 0 Å². The molecule has 226 valence electrons. The van der Waals surface area contributed by atoms with Crippen LogP contribution in [0.15, 0.2) is 180 Å². The Bertz CT molecular complexity index is 2540. The van der Waals surface area contributed by atoms with E-state index in [1.54, 1.807) is 0 Å². The largest absolute Gasteiger partial charge is 0.455 e. The fourth-order valence-electron chi connectivity index (χ4n) is 6.54. The quantitative estimate of drug-likeness (QED) is 0.187. The molecular formula is C44H29N3O. The van der Waals surface area contributed by atoms with Gasteiger partial charge in [-0.15, -0.1) is 0 Å². The second kappa shape index (κ2) is 11.7. The number of fused-ring (bicyclic) bond motifs is 4.